The lowest BCUT2D eigenvalue weighted by atomic mass is 9.79. The molecule has 21 heavy (non-hydrogen) atoms. The van der Waals surface area contributed by atoms with E-state index < -0.39 is 0 Å². The van der Waals surface area contributed by atoms with Gasteiger partial charge in [-0.1, -0.05) is 18.2 Å². The van der Waals surface area contributed by atoms with Gasteiger partial charge >= 0.3 is 0 Å². The van der Waals surface area contributed by atoms with E-state index in [1.807, 2.05) is 31.2 Å². The molecule has 0 spiro atoms. The first-order chi connectivity index (χ1) is 9.99. The van der Waals surface area contributed by atoms with Gasteiger partial charge in [0.25, 0.3) is 5.91 Å². The quantitative estimate of drug-likeness (QED) is 0.818. The standard InChI is InChI=1S/C17H17FN2O/c1-10-16(11-7-12(18)9-13(19)8-11)14-5-3-4-6-15(14)17(21)20(10)2/h3-10,16H,19H2,1-2H3. The average Bonchev–Trinajstić information content (AvgIpc) is 2.44. The van der Waals surface area contributed by atoms with Crippen LogP contribution in [0, 0.1) is 5.82 Å². The monoisotopic (exact) mass is 284 g/mol. The highest BCUT2D eigenvalue weighted by Crippen LogP contribution is 2.38. The molecule has 0 aliphatic carbocycles. The Hall–Kier alpha value is -2.36. The number of hydrogen-bond acceptors (Lipinski definition) is 2. The molecule has 3 rings (SSSR count). The molecule has 3 nitrogen and oxygen atoms in total. The zero-order valence-corrected chi connectivity index (χ0v) is 12.0. The van der Waals surface area contributed by atoms with Crippen LogP contribution in [0.4, 0.5) is 10.1 Å². The van der Waals surface area contributed by atoms with Crippen LogP contribution >= 0.6 is 0 Å². The van der Waals surface area contributed by atoms with Gasteiger partial charge in [-0.25, -0.2) is 4.39 Å². The normalized spacial score (nSPS) is 21.3. The number of carbonyl (C=O) groups is 1. The average molecular weight is 284 g/mol. The van der Waals surface area contributed by atoms with Gasteiger partial charge in [0.05, 0.1) is 0 Å². The molecule has 0 saturated heterocycles. The fourth-order valence-electron chi connectivity index (χ4n) is 3.09. The van der Waals surface area contributed by atoms with Crippen LogP contribution in [0.5, 0.6) is 0 Å². The molecule has 0 aromatic heterocycles. The molecular formula is C17H17FN2O. The van der Waals surface area contributed by atoms with Crippen LogP contribution in [0.25, 0.3) is 0 Å². The summed E-state index contributed by atoms with van der Waals surface area (Å²) in [5.41, 5.74) is 8.57. The van der Waals surface area contributed by atoms with Crippen molar-refractivity contribution < 1.29 is 9.18 Å². The summed E-state index contributed by atoms with van der Waals surface area (Å²) in [6.45, 7) is 1.97. The van der Waals surface area contributed by atoms with Crippen molar-refractivity contribution in [1.29, 1.82) is 0 Å². The maximum absolute atomic E-state index is 13.7. The number of anilines is 1. The lowest BCUT2D eigenvalue weighted by Crippen LogP contribution is -2.44. The largest absolute Gasteiger partial charge is 0.399 e. The Morgan fingerprint density at radius 2 is 1.90 bits per heavy atom. The molecule has 2 aromatic rings. The second kappa shape index (κ2) is 4.88. The van der Waals surface area contributed by atoms with Crippen LogP contribution in [0.15, 0.2) is 42.5 Å². The van der Waals surface area contributed by atoms with E-state index >= 15 is 0 Å². The third-order valence-electron chi connectivity index (χ3n) is 4.24. The molecule has 0 radical (unpaired) electrons. The summed E-state index contributed by atoms with van der Waals surface area (Å²) in [7, 11) is 1.78. The number of rotatable bonds is 1. The summed E-state index contributed by atoms with van der Waals surface area (Å²) in [6.07, 6.45) is 0. The minimum atomic E-state index is -0.353. The fourth-order valence-corrected chi connectivity index (χ4v) is 3.09. The van der Waals surface area contributed by atoms with Crippen molar-refractivity contribution in [1.82, 2.24) is 4.90 Å². The third-order valence-corrected chi connectivity index (χ3v) is 4.24. The Balaban J connectivity index is 2.21. The Labute approximate surface area is 123 Å². The number of likely N-dealkylation sites (N-methyl/N-ethyl adjacent to an activating group) is 1. The van der Waals surface area contributed by atoms with E-state index in [0.29, 0.717) is 11.3 Å². The summed E-state index contributed by atoms with van der Waals surface area (Å²) >= 11 is 0. The van der Waals surface area contributed by atoms with Crippen LogP contribution in [0.2, 0.25) is 0 Å². The SMILES string of the molecule is CC1C(c2cc(N)cc(F)c2)c2ccccc2C(=O)N1C. The van der Waals surface area contributed by atoms with Crippen LogP contribution in [-0.2, 0) is 0 Å². The maximum atomic E-state index is 13.7. The number of fused-ring (bicyclic) bond motifs is 1. The number of carbonyl (C=O) groups excluding carboxylic acids is 1. The topological polar surface area (TPSA) is 46.3 Å². The van der Waals surface area contributed by atoms with Gasteiger partial charge in [-0.15, -0.1) is 0 Å². The van der Waals surface area contributed by atoms with E-state index in [4.69, 9.17) is 5.73 Å². The first-order valence-corrected chi connectivity index (χ1v) is 6.91. The predicted octanol–water partition coefficient (Wildman–Crippen LogP) is 3.01. The van der Waals surface area contributed by atoms with Crippen molar-refractivity contribution >= 4 is 11.6 Å². The minimum absolute atomic E-state index is 0.00118. The molecular weight excluding hydrogens is 267 g/mol. The van der Waals surface area contributed by atoms with E-state index in [9.17, 15) is 9.18 Å². The lowest BCUT2D eigenvalue weighted by Gasteiger charge is -2.38. The van der Waals surface area contributed by atoms with Gasteiger partial charge < -0.3 is 10.6 Å². The number of benzene rings is 2. The third kappa shape index (κ3) is 2.17. The fraction of sp³-hybridized carbons (Fsp3) is 0.235. The number of amides is 1. The second-order valence-corrected chi connectivity index (χ2v) is 5.54. The van der Waals surface area contributed by atoms with E-state index in [-0.39, 0.29) is 23.7 Å². The van der Waals surface area contributed by atoms with Crippen molar-refractivity contribution in [2.75, 3.05) is 12.8 Å². The van der Waals surface area contributed by atoms with Crippen molar-refractivity contribution in [3.05, 3.63) is 65.0 Å². The number of nitrogens with two attached hydrogens (primary N) is 1. The molecule has 0 saturated carbocycles. The molecule has 2 atom stereocenters. The number of nitrogen functional groups attached to an aromatic ring is 1. The van der Waals surface area contributed by atoms with Crippen LogP contribution < -0.4 is 5.73 Å². The maximum Gasteiger partial charge on any atom is 0.254 e. The van der Waals surface area contributed by atoms with Gasteiger partial charge in [-0.05, 0) is 42.3 Å². The zero-order chi connectivity index (χ0) is 15.1. The molecule has 0 fully saturated rings. The smallest absolute Gasteiger partial charge is 0.254 e. The first-order valence-electron chi connectivity index (χ1n) is 6.91. The van der Waals surface area contributed by atoms with Gasteiger partial charge in [0.15, 0.2) is 0 Å². The van der Waals surface area contributed by atoms with Crippen LogP contribution in [0.3, 0.4) is 0 Å². The van der Waals surface area contributed by atoms with Crippen molar-refractivity contribution in [2.45, 2.75) is 18.9 Å². The molecule has 2 aromatic carbocycles. The van der Waals surface area contributed by atoms with E-state index in [2.05, 4.69) is 0 Å². The van der Waals surface area contributed by atoms with Gasteiger partial charge in [0.1, 0.15) is 5.82 Å². The first kappa shape index (κ1) is 13.6. The van der Waals surface area contributed by atoms with Crippen molar-refractivity contribution in [2.24, 2.45) is 0 Å². The molecule has 1 aliphatic heterocycles. The Kier molecular flexibility index (Phi) is 3.16. The summed E-state index contributed by atoms with van der Waals surface area (Å²) in [6, 6.07) is 12.0. The van der Waals surface area contributed by atoms with E-state index in [1.165, 1.54) is 12.1 Å². The number of hydrogen-bond donors (Lipinski definition) is 1. The lowest BCUT2D eigenvalue weighted by molar-refractivity contribution is 0.0704. The molecule has 4 heteroatoms. The van der Waals surface area contributed by atoms with E-state index in [1.54, 1.807) is 18.0 Å². The molecule has 0 bridgehead atoms. The Bertz CT molecular complexity index is 693. The minimum Gasteiger partial charge on any atom is -0.399 e. The highest BCUT2D eigenvalue weighted by molar-refractivity contribution is 5.97. The van der Waals surface area contributed by atoms with Gasteiger partial charge in [-0.2, -0.15) is 0 Å². The second-order valence-electron chi connectivity index (χ2n) is 5.54. The highest BCUT2D eigenvalue weighted by Gasteiger charge is 2.36. The van der Waals surface area contributed by atoms with Crippen LogP contribution in [0.1, 0.15) is 34.3 Å². The Morgan fingerprint density at radius 3 is 2.62 bits per heavy atom. The van der Waals surface area contributed by atoms with Crippen molar-refractivity contribution in [3.8, 4) is 0 Å². The summed E-state index contributed by atoms with van der Waals surface area (Å²) in [4.78, 5) is 14.1. The molecule has 1 heterocycles. The van der Waals surface area contributed by atoms with Crippen molar-refractivity contribution in [3.63, 3.8) is 0 Å². The highest BCUT2D eigenvalue weighted by atomic mass is 19.1. The van der Waals surface area contributed by atoms with Gasteiger partial charge in [-0.3, -0.25) is 4.79 Å². The van der Waals surface area contributed by atoms with E-state index in [0.717, 1.165) is 11.1 Å². The van der Waals surface area contributed by atoms with Gasteiger partial charge in [0, 0.05) is 30.3 Å². The molecule has 1 amide bonds. The molecule has 1 aliphatic rings. The zero-order valence-electron chi connectivity index (χ0n) is 12.0. The predicted molar refractivity (Wildman–Crippen MR) is 80.7 cm³/mol. The molecule has 108 valence electrons. The Morgan fingerprint density at radius 1 is 1.19 bits per heavy atom. The number of nitrogens with zero attached hydrogens (tertiary/aromatic N) is 1. The number of halogens is 1. The summed E-state index contributed by atoms with van der Waals surface area (Å²) in [5, 5.41) is 0. The molecule has 2 N–H and O–H groups in total. The summed E-state index contributed by atoms with van der Waals surface area (Å²) in [5.74, 6) is -0.435. The molecule has 2 unspecified atom stereocenters. The van der Waals surface area contributed by atoms with Crippen LogP contribution in [-0.4, -0.2) is 23.9 Å². The van der Waals surface area contributed by atoms with Gasteiger partial charge in [0.2, 0.25) is 0 Å². The summed E-state index contributed by atoms with van der Waals surface area (Å²) < 4.78 is 13.7.